The van der Waals surface area contributed by atoms with E-state index in [1.807, 2.05) is 18.4 Å². The van der Waals surface area contributed by atoms with Gasteiger partial charge in [-0.15, -0.1) is 0 Å². The molecule has 3 N–H and O–H groups in total. The lowest BCUT2D eigenvalue weighted by Crippen LogP contribution is -2.30. The van der Waals surface area contributed by atoms with E-state index in [4.69, 9.17) is 5.84 Å². The number of carbonyl (C=O) groups excluding carboxylic acids is 1. The number of nitrogens with two attached hydrogens (primary N) is 1. The molecule has 0 radical (unpaired) electrons. The standard InChI is InChI=1S/C12H13FN4O/c1-8-4-5-17(16-8)7-10-6-9(12(18)15-14)2-3-11(10)13/h2-6H,7,14H2,1H3,(H,15,18). The maximum absolute atomic E-state index is 13.6. The predicted molar refractivity (Wildman–Crippen MR) is 64.1 cm³/mol. The third-order valence-corrected chi connectivity index (χ3v) is 2.55. The Morgan fingerprint density at radius 3 is 2.89 bits per heavy atom. The number of halogens is 1. The summed E-state index contributed by atoms with van der Waals surface area (Å²) in [5.74, 6) is 4.21. The number of amides is 1. The maximum atomic E-state index is 13.6. The van der Waals surface area contributed by atoms with Crippen LogP contribution in [0.3, 0.4) is 0 Å². The number of hydrazine groups is 1. The second-order valence-electron chi connectivity index (χ2n) is 3.93. The van der Waals surface area contributed by atoms with Crippen LogP contribution >= 0.6 is 0 Å². The molecule has 0 saturated carbocycles. The van der Waals surface area contributed by atoms with Gasteiger partial charge in [-0.05, 0) is 31.2 Å². The number of benzene rings is 1. The van der Waals surface area contributed by atoms with Crippen LogP contribution in [0.25, 0.3) is 0 Å². The molecule has 0 aliphatic carbocycles. The second kappa shape index (κ2) is 4.97. The van der Waals surface area contributed by atoms with Gasteiger partial charge in [0.1, 0.15) is 5.82 Å². The fraction of sp³-hybridized carbons (Fsp3) is 0.167. The van der Waals surface area contributed by atoms with Crippen LogP contribution in [-0.2, 0) is 6.54 Å². The van der Waals surface area contributed by atoms with E-state index in [9.17, 15) is 9.18 Å². The number of carbonyl (C=O) groups is 1. The summed E-state index contributed by atoms with van der Waals surface area (Å²) in [5, 5.41) is 4.17. The highest BCUT2D eigenvalue weighted by Crippen LogP contribution is 2.12. The molecular weight excluding hydrogens is 235 g/mol. The summed E-state index contributed by atoms with van der Waals surface area (Å²) < 4.78 is 15.2. The number of aromatic nitrogens is 2. The van der Waals surface area contributed by atoms with E-state index in [0.29, 0.717) is 11.1 Å². The lowest BCUT2D eigenvalue weighted by molar-refractivity contribution is 0.0953. The van der Waals surface area contributed by atoms with E-state index in [0.717, 1.165) is 5.69 Å². The first-order valence-corrected chi connectivity index (χ1v) is 5.39. The first-order chi connectivity index (χ1) is 8.60. The van der Waals surface area contributed by atoms with E-state index in [-0.39, 0.29) is 12.4 Å². The zero-order valence-electron chi connectivity index (χ0n) is 9.85. The Morgan fingerprint density at radius 1 is 1.50 bits per heavy atom. The van der Waals surface area contributed by atoms with Gasteiger partial charge in [0, 0.05) is 17.3 Å². The lowest BCUT2D eigenvalue weighted by atomic mass is 10.1. The molecule has 1 aromatic carbocycles. The van der Waals surface area contributed by atoms with Crippen molar-refractivity contribution in [2.45, 2.75) is 13.5 Å². The molecule has 2 aromatic rings. The van der Waals surface area contributed by atoms with Gasteiger partial charge >= 0.3 is 0 Å². The number of nitrogen functional groups attached to an aromatic ring is 1. The van der Waals surface area contributed by atoms with Gasteiger partial charge in [0.2, 0.25) is 0 Å². The molecule has 0 saturated heterocycles. The molecule has 94 valence electrons. The molecule has 1 amide bonds. The zero-order valence-corrected chi connectivity index (χ0v) is 9.85. The fourth-order valence-electron chi connectivity index (χ4n) is 1.65. The van der Waals surface area contributed by atoms with Crippen LogP contribution in [-0.4, -0.2) is 15.7 Å². The Labute approximate surface area is 103 Å². The Morgan fingerprint density at radius 2 is 2.28 bits per heavy atom. The number of hydrogen-bond acceptors (Lipinski definition) is 3. The molecule has 0 unspecified atom stereocenters. The van der Waals surface area contributed by atoms with Gasteiger partial charge in [-0.1, -0.05) is 0 Å². The molecule has 0 atom stereocenters. The van der Waals surface area contributed by atoms with Crippen LogP contribution in [0.1, 0.15) is 21.6 Å². The van der Waals surface area contributed by atoms with Crippen molar-refractivity contribution in [2.24, 2.45) is 5.84 Å². The Kier molecular flexibility index (Phi) is 3.38. The number of nitrogens with one attached hydrogen (secondary N) is 1. The number of rotatable bonds is 3. The summed E-state index contributed by atoms with van der Waals surface area (Å²) in [6, 6.07) is 5.93. The van der Waals surface area contributed by atoms with Crippen molar-refractivity contribution in [3.8, 4) is 0 Å². The normalized spacial score (nSPS) is 10.4. The Balaban J connectivity index is 2.29. The first kappa shape index (κ1) is 12.3. The second-order valence-corrected chi connectivity index (χ2v) is 3.93. The fourth-order valence-corrected chi connectivity index (χ4v) is 1.65. The van der Waals surface area contributed by atoms with Gasteiger partial charge in [0.05, 0.1) is 12.2 Å². The summed E-state index contributed by atoms with van der Waals surface area (Å²) in [4.78, 5) is 11.4. The van der Waals surface area contributed by atoms with E-state index in [1.54, 1.807) is 10.9 Å². The molecular formula is C12H13FN4O. The minimum Gasteiger partial charge on any atom is -0.290 e. The van der Waals surface area contributed by atoms with Crippen molar-refractivity contribution in [1.29, 1.82) is 0 Å². The summed E-state index contributed by atoms with van der Waals surface area (Å²) in [6.07, 6.45) is 1.75. The maximum Gasteiger partial charge on any atom is 0.265 e. The number of aryl methyl sites for hydroxylation is 1. The average molecular weight is 248 g/mol. The quantitative estimate of drug-likeness (QED) is 0.483. The largest absolute Gasteiger partial charge is 0.290 e. The van der Waals surface area contributed by atoms with Crippen molar-refractivity contribution in [3.63, 3.8) is 0 Å². The van der Waals surface area contributed by atoms with E-state index >= 15 is 0 Å². The van der Waals surface area contributed by atoms with Crippen molar-refractivity contribution in [2.75, 3.05) is 0 Å². The highest BCUT2D eigenvalue weighted by atomic mass is 19.1. The van der Waals surface area contributed by atoms with Crippen LogP contribution in [0.15, 0.2) is 30.5 Å². The molecule has 1 aromatic heterocycles. The van der Waals surface area contributed by atoms with E-state index < -0.39 is 5.91 Å². The topological polar surface area (TPSA) is 72.9 Å². The zero-order chi connectivity index (χ0) is 13.1. The summed E-state index contributed by atoms with van der Waals surface area (Å²) in [7, 11) is 0. The highest BCUT2D eigenvalue weighted by Gasteiger charge is 2.09. The summed E-state index contributed by atoms with van der Waals surface area (Å²) in [5.41, 5.74) is 3.57. The van der Waals surface area contributed by atoms with Crippen molar-refractivity contribution >= 4 is 5.91 Å². The molecule has 0 aliphatic heterocycles. The van der Waals surface area contributed by atoms with Gasteiger partial charge in [0.15, 0.2) is 0 Å². The van der Waals surface area contributed by atoms with Crippen molar-refractivity contribution in [3.05, 3.63) is 53.1 Å². The summed E-state index contributed by atoms with van der Waals surface area (Å²) in [6.45, 7) is 2.12. The minimum atomic E-state index is -0.451. The minimum absolute atomic E-state index is 0.269. The van der Waals surface area contributed by atoms with Crippen LogP contribution in [0.5, 0.6) is 0 Å². The SMILES string of the molecule is Cc1ccn(Cc2cc(C(=O)NN)ccc2F)n1. The molecule has 1 heterocycles. The lowest BCUT2D eigenvalue weighted by Gasteiger charge is -2.06. The molecule has 18 heavy (non-hydrogen) atoms. The van der Waals surface area contributed by atoms with E-state index in [1.165, 1.54) is 18.2 Å². The van der Waals surface area contributed by atoms with Crippen LogP contribution in [0.4, 0.5) is 4.39 Å². The molecule has 0 bridgehead atoms. The highest BCUT2D eigenvalue weighted by molar-refractivity contribution is 5.93. The molecule has 6 heteroatoms. The van der Waals surface area contributed by atoms with Gasteiger partial charge < -0.3 is 0 Å². The van der Waals surface area contributed by atoms with Crippen LogP contribution in [0.2, 0.25) is 0 Å². The molecule has 2 rings (SSSR count). The number of hydrogen-bond donors (Lipinski definition) is 2. The van der Waals surface area contributed by atoms with Crippen molar-refractivity contribution < 1.29 is 9.18 Å². The molecule has 0 spiro atoms. The van der Waals surface area contributed by atoms with Gasteiger partial charge in [-0.25, -0.2) is 10.2 Å². The first-order valence-electron chi connectivity index (χ1n) is 5.39. The van der Waals surface area contributed by atoms with Crippen LogP contribution in [0, 0.1) is 12.7 Å². The Bertz CT molecular complexity index is 579. The molecule has 5 nitrogen and oxygen atoms in total. The van der Waals surface area contributed by atoms with Gasteiger partial charge in [0.25, 0.3) is 5.91 Å². The predicted octanol–water partition coefficient (Wildman–Crippen LogP) is 0.982. The average Bonchev–Trinajstić information content (AvgIpc) is 2.76. The van der Waals surface area contributed by atoms with Gasteiger partial charge in [-0.2, -0.15) is 5.10 Å². The summed E-state index contributed by atoms with van der Waals surface area (Å²) >= 11 is 0. The van der Waals surface area contributed by atoms with Crippen molar-refractivity contribution in [1.82, 2.24) is 15.2 Å². The molecule has 0 fully saturated rings. The van der Waals surface area contributed by atoms with Gasteiger partial charge in [-0.3, -0.25) is 14.9 Å². The third kappa shape index (κ3) is 2.54. The molecule has 0 aliphatic rings. The third-order valence-electron chi connectivity index (χ3n) is 2.55. The van der Waals surface area contributed by atoms with Crippen LogP contribution < -0.4 is 11.3 Å². The van der Waals surface area contributed by atoms with E-state index in [2.05, 4.69) is 5.10 Å². The smallest absolute Gasteiger partial charge is 0.265 e. The Hall–Kier alpha value is -2.21. The number of nitrogens with zero attached hydrogens (tertiary/aromatic N) is 2. The monoisotopic (exact) mass is 248 g/mol.